The van der Waals surface area contributed by atoms with Gasteiger partial charge in [0.15, 0.2) is 0 Å². The third kappa shape index (κ3) is 14.7. The van der Waals surface area contributed by atoms with Crippen LogP contribution in [0, 0.1) is 5.92 Å². The van der Waals surface area contributed by atoms with Gasteiger partial charge in [-0.3, -0.25) is 27.7 Å². The first-order valence-corrected chi connectivity index (χ1v) is 21.9. The number of nitrogens with two attached hydrogens (primary N) is 1. The van der Waals surface area contributed by atoms with Crippen molar-refractivity contribution in [2.45, 2.75) is 114 Å². The number of phosphoric ester groups is 2. The van der Waals surface area contributed by atoms with Gasteiger partial charge in [0.1, 0.15) is 40.2 Å². The molecule has 3 fully saturated rings. The van der Waals surface area contributed by atoms with Crippen LogP contribution in [0.25, 0.3) is 0 Å². The fourth-order valence-corrected chi connectivity index (χ4v) is 8.62. The van der Waals surface area contributed by atoms with Crippen molar-refractivity contribution in [1.29, 1.82) is 0 Å². The number of nitrogens with one attached hydrogen (secondary N) is 2. The van der Waals surface area contributed by atoms with Crippen molar-refractivity contribution in [2.75, 3.05) is 46.2 Å². The molecule has 0 saturated carbocycles. The van der Waals surface area contributed by atoms with Crippen molar-refractivity contribution >= 4 is 43.2 Å². The Morgan fingerprint density at radius 1 is 0.981 bits per heavy atom. The lowest BCUT2D eigenvalue weighted by Crippen LogP contribution is -2.45. The summed E-state index contributed by atoms with van der Waals surface area (Å²) in [4.78, 5) is 48.1. The van der Waals surface area contributed by atoms with Crippen molar-refractivity contribution in [3.63, 3.8) is 0 Å². The van der Waals surface area contributed by atoms with Gasteiger partial charge in [-0.05, 0) is 50.6 Å². The number of hydrogen-bond donors (Lipinski definition) is 5. The first-order valence-electron chi connectivity index (χ1n) is 19.0. The topological polar surface area (TPSA) is 236 Å². The van der Waals surface area contributed by atoms with Crippen LogP contribution in [0.15, 0.2) is 23.9 Å². The second kappa shape index (κ2) is 21.8. The Kier molecular flexibility index (Phi) is 18.2. The van der Waals surface area contributed by atoms with Crippen molar-refractivity contribution in [3.8, 4) is 0 Å². The second-order valence-corrected chi connectivity index (χ2v) is 17.1. The Bertz CT molecular complexity index is 1380. The molecular formula is C32H58B2N4O14P2. The van der Waals surface area contributed by atoms with E-state index in [1.54, 1.807) is 4.90 Å². The number of ether oxygens (including phenoxy) is 4. The van der Waals surface area contributed by atoms with Gasteiger partial charge in [0.2, 0.25) is 5.91 Å². The van der Waals surface area contributed by atoms with Crippen molar-refractivity contribution in [1.82, 2.24) is 15.5 Å². The molecule has 4 aliphatic heterocycles. The van der Waals surface area contributed by atoms with Crippen LogP contribution < -0.4 is 16.4 Å². The van der Waals surface area contributed by atoms with Crippen molar-refractivity contribution in [3.05, 3.63) is 23.9 Å². The molecule has 4 aliphatic rings. The van der Waals surface area contributed by atoms with Gasteiger partial charge >= 0.3 is 15.6 Å². The zero-order valence-electron chi connectivity index (χ0n) is 31.7. The Hall–Kier alpha value is -1.63. The zero-order chi connectivity index (χ0) is 39.3. The molecule has 22 heteroatoms. The van der Waals surface area contributed by atoms with Crippen molar-refractivity contribution < 1.29 is 65.5 Å². The van der Waals surface area contributed by atoms with Crippen LogP contribution in [0.1, 0.15) is 65.2 Å². The predicted molar refractivity (Wildman–Crippen MR) is 201 cm³/mol. The molecule has 0 bridgehead atoms. The molecule has 0 aliphatic carbocycles. The molecule has 0 aromatic carbocycles. The summed E-state index contributed by atoms with van der Waals surface area (Å²) in [6.45, 7) is 4.99. The molecule has 306 valence electrons. The normalized spacial score (nSPS) is 32.4. The lowest BCUT2D eigenvalue weighted by atomic mass is 9.92. The van der Waals surface area contributed by atoms with Gasteiger partial charge in [0.05, 0.1) is 44.3 Å². The summed E-state index contributed by atoms with van der Waals surface area (Å²) in [6, 6.07) is -0.248. The van der Waals surface area contributed by atoms with Crippen LogP contribution in [-0.4, -0.2) is 137 Å². The van der Waals surface area contributed by atoms with Gasteiger partial charge in [0.25, 0.3) is 5.91 Å². The molecule has 18 nitrogen and oxygen atoms in total. The first-order chi connectivity index (χ1) is 25.7. The summed E-state index contributed by atoms with van der Waals surface area (Å²) < 4.78 is 71.6. The van der Waals surface area contributed by atoms with Gasteiger partial charge in [-0.2, -0.15) is 0 Å². The maximum atomic E-state index is 13.2. The third-order valence-corrected chi connectivity index (χ3v) is 11.5. The molecule has 0 radical (unpaired) electrons. The Morgan fingerprint density at radius 3 is 2.28 bits per heavy atom. The van der Waals surface area contributed by atoms with E-state index < -0.39 is 64.9 Å². The third-order valence-electron chi connectivity index (χ3n) is 9.49. The summed E-state index contributed by atoms with van der Waals surface area (Å²) in [5.74, 6) is -0.676. The minimum Gasteiger partial charge on any atom is -0.381 e. The van der Waals surface area contributed by atoms with E-state index in [2.05, 4.69) is 10.6 Å². The van der Waals surface area contributed by atoms with E-state index in [-0.39, 0.29) is 55.7 Å². The minimum absolute atomic E-state index is 0.00146. The summed E-state index contributed by atoms with van der Waals surface area (Å²) in [6.07, 6.45) is 4.81. The smallest absolute Gasteiger partial charge is 0.381 e. The second-order valence-electron chi connectivity index (χ2n) is 14.3. The fraction of sp³-hybridized carbons (Fsp3) is 0.812. The average Bonchev–Trinajstić information content (AvgIpc) is 3.78. The predicted octanol–water partition coefficient (Wildman–Crippen LogP) is 0.129. The van der Waals surface area contributed by atoms with Crippen molar-refractivity contribution in [2.24, 2.45) is 11.7 Å². The highest BCUT2D eigenvalue weighted by atomic mass is 31.2. The van der Waals surface area contributed by atoms with E-state index in [4.69, 9.17) is 42.8 Å². The Morgan fingerprint density at radius 2 is 1.61 bits per heavy atom. The van der Waals surface area contributed by atoms with E-state index in [1.165, 1.54) is 18.4 Å². The number of phosphoric acid groups is 2. The highest BCUT2D eigenvalue weighted by molar-refractivity contribution is 7.47. The molecule has 0 spiro atoms. The van der Waals surface area contributed by atoms with E-state index in [1.807, 2.05) is 29.5 Å². The van der Waals surface area contributed by atoms with E-state index in [0.717, 1.165) is 38.5 Å². The molecule has 2 amide bonds. The number of rotatable bonds is 23. The van der Waals surface area contributed by atoms with Crippen LogP contribution in [-0.2, 0) is 55.8 Å². The van der Waals surface area contributed by atoms with Gasteiger partial charge in [-0.1, -0.05) is 26.7 Å². The molecule has 11 atom stereocenters. The molecule has 54 heavy (non-hydrogen) atoms. The number of nitrogens with zero attached hydrogens (tertiary/aromatic N) is 1. The highest BCUT2D eigenvalue weighted by Crippen LogP contribution is 2.51. The quantitative estimate of drug-likeness (QED) is 0.0400. The lowest BCUT2D eigenvalue weighted by molar-refractivity contribution is -0.120. The summed E-state index contributed by atoms with van der Waals surface area (Å²) in [5.41, 5.74) is 5.68. The Balaban J connectivity index is 1.41. The standard InChI is InChI=1S/C32H58B2N4O14P2/c1-3-12-45-17-26-23(14-29(34)49-26)51-54(43,44)47-19-27-24(52-53(41,42)46-18-25-21(2)13-28(33)48-25)15-31(50-27)38-16-22(32(40)37-20-38)8-9-30(39)36-11-7-5-4-6-10-35/h8-9,16,21,23-29,31H,3-7,10-15,17-20,33-35H2,1-2H3,(H,36,39)(H,37,40)(H,41,42)(H,43,44)/b9-8+. The summed E-state index contributed by atoms with van der Waals surface area (Å²) in [5, 5.41) is 5.51. The molecule has 3 saturated heterocycles. The van der Waals surface area contributed by atoms with Crippen LogP contribution >= 0.6 is 15.6 Å². The van der Waals surface area contributed by atoms with Crippen LogP contribution in [0.5, 0.6) is 0 Å². The molecule has 0 aromatic heterocycles. The molecule has 6 N–H and O–H groups in total. The van der Waals surface area contributed by atoms with Gasteiger partial charge in [-0.15, -0.1) is 0 Å². The van der Waals surface area contributed by atoms with E-state index >= 15 is 0 Å². The summed E-state index contributed by atoms with van der Waals surface area (Å²) in [7, 11) is -5.66. The number of carbonyl (C=O) groups excluding carboxylic acids is 2. The SMILES string of the molecule is BC1CC(C)C(COP(=O)(O)OC2CC(N3C=C(/C=C/C(=O)NCCCCCCN)C(=O)NC3)OC2COP(=O)(O)OC2CC(B)OC2COCCC)O1. The maximum Gasteiger partial charge on any atom is 0.472 e. The number of carbonyl (C=O) groups is 2. The molecule has 0 aromatic rings. The van der Waals surface area contributed by atoms with Gasteiger partial charge in [-0.25, -0.2) is 9.13 Å². The number of hydrogen-bond acceptors (Lipinski definition) is 14. The molecule has 4 rings (SSSR count). The molecular weight excluding hydrogens is 748 g/mol. The average molecular weight is 806 g/mol. The van der Waals surface area contributed by atoms with E-state index in [0.29, 0.717) is 26.1 Å². The monoisotopic (exact) mass is 806 g/mol. The minimum atomic E-state index is -4.70. The highest BCUT2D eigenvalue weighted by Gasteiger charge is 2.46. The number of amides is 2. The number of unbranched alkanes of at least 4 members (excludes halogenated alkanes) is 3. The lowest BCUT2D eigenvalue weighted by Gasteiger charge is -2.31. The maximum absolute atomic E-state index is 13.2. The van der Waals surface area contributed by atoms with Crippen LogP contribution in [0.4, 0.5) is 0 Å². The molecule has 11 unspecified atom stereocenters. The van der Waals surface area contributed by atoms with Gasteiger partial charge in [0, 0.05) is 43.9 Å². The first kappa shape index (κ1) is 45.1. The van der Waals surface area contributed by atoms with Crippen LogP contribution in [0.3, 0.4) is 0 Å². The fourth-order valence-electron chi connectivity index (χ4n) is 6.70. The summed E-state index contributed by atoms with van der Waals surface area (Å²) >= 11 is 0. The Labute approximate surface area is 319 Å². The van der Waals surface area contributed by atoms with E-state index in [9.17, 15) is 28.5 Å². The molecule has 4 heterocycles. The van der Waals surface area contributed by atoms with Crippen LogP contribution in [0.2, 0.25) is 0 Å². The zero-order valence-corrected chi connectivity index (χ0v) is 33.5. The largest absolute Gasteiger partial charge is 0.472 e. The van der Waals surface area contributed by atoms with Gasteiger partial charge < -0.3 is 50.0 Å².